The zero-order valence-corrected chi connectivity index (χ0v) is 12.8. The third kappa shape index (κ3) is 1.91. The number of hydrogen-bond acceptors (Lipinski definition) is 3. The molecule has 1 aliphatic heterocycles. The molecule has 102 valence electrons. The number of hydrogen-bond donors (Lipinski definition) is 2. The van der Waals surface area contributed by atoms with Gasteiger partial charge in [0.05, 0.1) is 0 Å². The minimum absolute atomic E-state index is 0.0653. The smallest absolute Gasteiger partial charge is 0.111 e. The zero-order valence-electron chi connectivity index (χ0n) is 11.2. The van der Waals surface area contributed by atoms with Crippen LogP contribution in [0.3, 0.4) is 0 Å². The van der Waals surface area contributed by atoms with Crippen molar-refractivity contribution in [3.05, 3.63) is 16.0 Å². The van der Waals surface area contributed by atoms with Gasteiger partial charge in [0.15, 0.2) is 0 Å². The van der Waals surface area contributed by atoms with Gasteiger partial charge in [-0.1, -0.05) is 18.6 Å². The molecule has 0 bridgehead atoms. The van der Waals surface area contributed by atoms with Crippen molar-refractivity contribution in [2.45, 2.75) is 63.5 Å². The summed E-state index contributed by atoms with van der Waals surface area (Å²) in [7, 11) is 0. The lowest BCUT2D eigenvalue weighted by atomic mass is 9.86. The summed E-state index contributed by atoms with van der Waals surface area (Å²) >= 11 is 7.68. The van der Waals surface area contributed by atoms with Crippen LogP contribution < -0.4 is 10.6 Å². The molecule has 2 N–H and O–H groups in total. The van der Waals surface area contributed by atoms with Gasteiger partial charge in [0.2, 0.25) is 0 Å². The average molecular weight is 292 g/mol. The minimum atomic E-state index is 0.0653. The fraction of sp³-hybridized carbons (Fsp3) is 0.667. The minimum Gasteiger partial charge on any atom is -0.354 e. The van der Waals surface area contributed by atoms with Crippen molar-refractivity contribution >= 4 is 33.5 Å². The second-order valence-electron chi connectivity index (χ2n) is 6.14. The fourth-order valence-corrected chi connectivity index (χ4v) is 5.71. The lowest BCUT2D eigenvalue weighted by Gasteiger charge is -2.43. The van der Waals surface area contributed by atoms with Crippen molar-refractivity contribution in [1.29, 1.82) is 0 Å². The van der Waals surface area contributed by atoms with Gasteiger partial charge in [0.25, 0.3) is 0 Å². The van der Waals surface area contributed by atoms with Crippen molar-refractivity contribution < 1.29 is 0 Å². The molecular weight excluding hydrogens is 272 g/mol. The molecular formula is C15H20N2S2. The molecule has 0 unspecified atom stereocenters. The molecule has 4 rings (SSSR count). The molecule has 1 saturated carbocycles. The van der Waals surface area contributed by atoms with Gasteiger partial charge in [-0.2, -0.15) is 0 Å². The fourth-order valence-electron chi connectivity index (χ4n) is 3.83. The Morgan fingerprint density at radius 3 is 2.58 bits per heavy atom. The van der Waals surface area contributed by atoms with Crippen LogP contribution in [-0.4, -0.2) is 10.7 Å². The highest BCUT2D eigenvalue weighted by atomic mass is 32.1. The molecule has 4 heteroatoms. The number of rotatable bonds is 0. The zero-order chi connectivity index (χ0) is 12.9. The Labute approximate surface area is 124 Å². The van der Waals surface area contributed by atoms with E-state index in [4.69, 9.17) is 12.2 Å². The lowest BCUT2D eigenvalue weighted by Crippen LogP contribution is -2.57. The van der Waals surface area contributed by atoms with Gasteiger partial charge >= 0.3 is 0 Å². The Bertz CT molecular complexity index is 526. The largest absolute Gasteiger partial charge is 0.354 e. The van der Waals surface area contributed by atoms with Gasteiger partial charge in [-0.25, -0.2) is 0 Å². The highest BCUT2D eigenvalue weighted by Crippen LogP contribution is 2.43. The van der Waals surface area contributed by atoms with Crippen molar-refractivity contribution in [3.8, 4) is 0 Å². The first-order chi connectivity index (χ1) is 9.27. The molecule has 3 aliphatic rings. The topological polar surface area (TPSA) is 24.1 Å². The molecule has 1 spiro atoms. The summed E-state index contributed by atoms with van der Waals surface area (Å²) in [6, 6.07) is 0. The SMILES string of the molecule is S=C1NC2(CCCCC2)Nc2sc3c(c21)CCCC3. The molecule has 0 radical (unpaired) electrons. The summed E-state index contributed by atoms with van der Waals surface area (Å²) in [6.45, 7) is 0. The predicted octanol–water partition coefficient (Wildman–Crippen LogP) is 3.98. The van der Waals surface area contributed by atoms with E-state index in [0.717, 1.165) is 4.99 Å². The quantitative estimate of drug-likeness (QED) is 0.707. The number of aryl methyl sites for hydroxylation is 1. The van der Waals surface area contributed by atoms with Gasteiger partial charge in [0.1, 0.15) is 15.7 Å². The molecule has 0 saturated heterocycles. The van der Waals surface area contributed by atoms with Crippen LogP contribution in [0.5, 0.6) is 0 Å². The van der Waals surface area contributed by atoms with E-state index in [1.807, 2.05) is 11.3 Å². The summed E-state index contributed by atoms with van der Waals surface area (Å²) in [6.07, 6.45) is 11.5. The maximum Gasteiger partial charge on any atom is 0.111 e. The molecule has 1 aromatic rings. The predicted molar refractivity (Wildman–Crippen MR) is 85.2 cm³/mol. The van der Waals surface area contributed by atoms with E-state index in [9.17, 15) is 0 Å². The Balaban J connectivity index is 1.74. The van der Waals surface area contributed by atoms with E-state index >= 15 is 0 Å². The normalized spacial score (nSPS) is 24.3. The van der Waals surface area contributed by atoms with Crippen LogP contribution in [-0.2, 0) is 12.8 Å². The Morgan fingerprint density at radius 2 is 1.74 bits per heavy atom. The maximum atomic E-state index is 5.71. The van der Waals surface area contributed by atoms with Crippen LogP contribution in [0.25, 0.3) is 0 Å². The van der Waals surface area contributed by atoms with Crippen LogP contribution in [0.2, 0.25) is 0 Å². The first-order valence-electron chi connectivity index (χ1n) is 7.53. The molecule has 0 aromatic carbocycles. The van der Waals surface area contributed by atoms with Gasteiger partial charge in [-0.15, -0.1) is 11.3 Å². The molecule has 1 aromatic heterocycles. The summed E-state index contributed by atoms with van der Waals surface area (Å²) in [5.74, 6) is 0. The van der Waals surface area contributed by atoms with Gasteiger partial charge in [-0.3, -0.25) is 0 Å². The number of anilines is 1. The molecule has 0 amide bonds. The number of nitrogens with one attached hydrogen (secondary N) is 2. The summed E-state index contributed by atoms with van der Waals surface area (Å²) < 4.78 is 0. The molecule has 2 aliphatic carbocycles. The average Bonchev–Trinajstić information content (AvgIpc) is 2.77. The molecule has 0 atom stereocenters. The summed E-state index contributed by atoms with van der Waals surface area (Å²) in [5, 5.41) is 8.83. The van der Waals surface area contributed by atoms with E-state index in [1.54, 1.807) is 10.4 Å². The number of fused-ring (bicyclic) bond motifs is 3. The Hall–Kier alpha value is -0.610. The van der Waals surface area contributed by atoms with Crippen molar-refractivity contribution in [1.82, 2.24) is 5.32 Å². The molecule has 2 nitrogen and oxygen atoms in total. The van der Waals surface area contributed by atoms with Crippen LogP contribution in [0.1, 0.15) is 60.9 Å². The molecule has 19 heavy (non-hydrogen) atoms. The van der Waals surface area contributed by atoms with E-state index < -0.39 is 0 Å². The van der Waals surface area contributed by atoms with Crippen LogP contribution in [0, 0.1) is 0 Å². The summed E-state index contributed by atoms with van der Waals surface area (Å²) in [4.78, 5) is 2.59. The second kappa shape index (κ2) is 4.45. The van der Waals surface area contributed by atoms with Crippen LogP contribution in [0.4, 0.5) is 5.00 Å². The third-order valence-corrected chi connectivity index (χ3v) is 6.32. The van der Waals surface area contributed by atoms with E-state index in [2.05, 4.69) is 10.6 Å². The number of thiophene rings is 1. The van der Waals surface area contributed by atoms with Gasteiger partial charge < -0.3 is 10.6 Å². The highest BCUT2D eigenvalue weighted by Gasteiger charge is 2.39. The first-order valence-corrected chi connectivity index (χ1v) is 8.75. The lowest BCUT2D eigenvalue weighted by molar-refractivity contribution is 0.301. The van der Waals surface area contributed by atoms with Crippen molar-refractivity contribution in [3.63, 3.8) is 0 Å². The molecule has 2 heterocycles. The second-order valence-corrected chi connectivity index (χ2v) is 7.65. The Morgan fingerprint density at radius 1 is 0.947 bits per heavy atom. The molecule has 1 fully saturated rings. The summed E-state index contributed by atoms with van der Waals surface area (Å²) in [5.41, 5.74) is 2.95. The van der Waals surface area contributed by atoms with Crippen LogP contribution >= 0.6 is 23.6 Å². The third-order valence-electron chi connectivity index (χ3n) is 4.81. The van der Waals surface area contributed by atoms with E-state index in [-0.39, 0.29) is 5.66 Å². The first kappa shape index (κ1) is 12.2. The Kier molecular flexibility index (Phi) is 2.85. The van der Waals surface area contributed by atoms with Gasteiger partial charge in [0, 0.05) is 10.4 Å². The van der Waals surface area contributed by atoms with E-state index in [0.29, 0.717) is 0 Å². The van der Waals surface area contributed by atoms with E-state index in [1.165, 1.54) is 68.4 Å². The van der Waals surface area contributed by atoms with Crippen molar-refractivity contribution in [2.24, 2.45) is 0 Å². The highest BCUT2D eigenvalue weighted by molar-refractivity contribution is 7.80. The standard InChI is InChI=1S/C15H20N2S2/c18-13-12-10-6-2-3-7-11(10)19-14(12)17-15(16-13)8-4-1-5-9-15/h17H,1-9H2,(H,16,18). The number of thiocarbonyl (C=S) groups is 1. The monoisotopic (exact) mass is 292 g/mol. The maximum absolute atomic E-state index is 5.71. The van der Waals surface area contributed by atoms with Crippen LogP contribution in [0.15, 0.2) is 0 Å². The van der Waals surface area contributed by atoms with Gasteiger partial charge in [-0.05, 0) is 56.9 Å². The van der Waals surface area contributed by atoms with Crippen molar-refractivity contribution in [2.75, 3.05) is 5.32 Å².